The second-order valence-corrected chi connectivity index (χ2v) is 15.9. The molecule has 1 aromatic rings. The van der Waals surface area contributed by atoms with Crippen LogP contribution >= 0.6 is 0 Å². The van der Waals surface area contributed by atoms with Gasteiger partial charge in [-0.3, -0.25) is 4.35 Å². The first-order valence-electron chi connectivity index (χ1n) is 5.99. The second-order valence-electron chi connectivity index (χ2n) is 6.23. The van der Waals surface area contributed by atoms with Crippen LogP contribution in [0, 0.1) is 0 Å². The summed E-state index contributed by atoms with van der Waals surface area (Å²) in [6.07, 6.45) is 4.26. The molecule has 0 fully saturated rings. The molecule has 0 bridgehead atoms. The summed E-state index contributed by atoms with van der Waals surface area (Å²) in [4.78, 5) is 0. The van der Waals surface area contributed by atoms with E-state index in [9.17, 15) is 0 Å². The highest BCUT2D eigenvalue weighted by atomic mass is 28.3. The van der Waals surface area contributed by atoms with Gasteiger partial charge in [0.25, 0.3) is 0 Å². The summed E-state index contributed by atoms with van der Waals surface area (Å²) in [5.41, 5.74) is 1.30. The minimum absolute atomic E-state index is 1.08. The first-order valence-corrected chi connectivity index (χ1v) is 12.9. The maximum atomic E-state index is 4.53. The lowest BCUT2D eigenvalue weighted by Gasteiger charge is -2.34. The number of hydrogen-bond acceptors (Lipinski definition) is 2. The van der Waals surface area contributed by atoms with E-state index in [2.05, 4.69) is 66.4 Å². The van der Waals surface area contributed by atoms with E-state index in [1.54, 1.807) is 0 Å². The van der Waals surface area contributed by atoms with Crippen molar-refractivity contribution in [3.05, 3.63) is 12.4 Å². The molecule has 0 aliphatic heterocycles. The van der Waals surface area contributed by atoms with Crippen molar-refractivity contribution in [3.8, 4) is 0 Å². The largest absolute Gasteiger partial charge is 0.396 e. The van der Waals surface area contributed by atoms with Crippen LogP contribution in [0.4, 0.5) is 5.69 Å². The summed E-state index contributed by atoms with van der Waals surface area (Å²) < 4.78 is 4.71. The lowest BCUT2D eigenvalue weighted by atomic mass is 10.5. The zero-order chi connectivity index (χ0) is 12.6. The Morgan fingerprint density at radius 1 is 1.19 bits per heavy atom. The lowest BCUT2D eigenvalue weighted by molar-refractivity contribution is 0.933. The lowest BCUT2D eigenvalue weighted by Crippen LogP contribution is -2.46. The minimum Gasteiger partial charge on any atom is -0.396 e. The Balaban J connectivity index is 3.01. The molecule has 1 aromatic heterocycles. The van der Waals surface area contributed by atoms with Crippen LogP contribution < -0.4 is 4.57 Å². The molecule has 0 N–H and O–H groups in total. The van der Waals surface area contributed by atoms with Gasteiger partial charge in [-0.25, -0.2) is 0 Å². The van der Waals surface area contributed by atoms with Crippen molar-refractivity contribution >= 4 is 22.2 Å². The third-order valence-corrected chi connectivity index (χ3v) is 6.51. The van der Waals surface area contributed by atoms with Crippen molar-refractivity contribution in [2.24, 2.45) is 0 Å². The highest BCUT2D eigenvalue weighted by molar-refractivity contribution is 6.79. The molecule has 0 saturated heterocycles. The SMILES string of the molecule is CCN(c1cnn([Si](C)(C)C)c1)[Si](C)(C)C. The molecular formula is C11H25N3Si2. The predicted molar refractivity (Wildman–Crippen MR) is 77.3 cm³/mol. The molecule has 3 nitrogen and oxygen atoms in total. The van der Waals surface area contributed by atoms with Crippen LogP contribution in [-0.2, 0) is 0 Å². The molecule has 16 heavy (non-hydrogen) atoms. The van der Waals surface area contributed by atoms with Gasteiger partial charge in [0.15, 0.2) is 8.24 Å². The summed E-state index contributed by atoms with van der Waals surface area (Å²) >= 11 is 0. The Labute approximate surface area is 102 Å². The number of rotatable bonds is 4. The van der Waals surface area contributed by atoms with E-state index in [1.165, 1.54) is 5.69 Å². The fourth-order valence-electron chi connectivity index (χ4n) is 1.86. The number of anilines is 1. The highest BCUT2D eigenvalue weighted by Crippen LogP contribution is 2.21. The minimum atomic E-state index is -1.34. The molecule has 0 aliphatic carbocycles. The smallest absolute Gasteiger partial charge is 0.176 e. The molecule has 1 rings (SSSR count). The first kappa shape index (κ1) is 13.5. The van der Waals surface area contributed by atoms with Crippen LogP contribution in [0.5, 0.6) is 0 Å². The van der Waals surface area contributed by atoms with Gasteiger partial charge >= 0.3 is 0 Å². The maximum Gasteiger partial charge on any atom is 0.176 e. The molecule has 0 unspecified atom stereocenters. The van der Waals surface area contributed by atoms with Crippen molar-refractivity contribution in [2.45, 2.75) is 46.2 Å². The van der Waals surface area contributed by atoms with E-state index < -0.39 is 16.5 Å². The van der Waals surface area contributed by atoms with Gasteiger partial charge < -0.3 is 4.57 Å². The van der Waals surface area contributed by atoms with Crippen molar-refractivity contribution in [3.63, 3.8) is 0 Å². The number of aromatic nitrogens is 2. The summed E-state index contributed by atoms with van der Waals surface area (Å²) in [6, 6.07) is 0. The third kappa shape index (κ3) is 2.98. The Morgan fingerprint density at radius 2 is 1.75 bits per heavy atom. The summed E-state index contributed by atoms with van der Waals surface area (Å²) in [6.45, 7) is 17.4. The molecule has 0 radical (unpaired) electrons. The van der Waals surface area contributed by atoms with Gasteiger partial charge in [0, 0.05) is 12.7 Å². The Kier molecular flexibility index (Phi) is 3.69. The second kappa shape index (κ2) is 4.37. The van der Waals surface area contributed by atoms with Gasteiger partial charge in [0.05, 0.1) is 11.9 Å². The van der Waals surface area contributed by atoms with Gasteiger partial charge in [0.1, 0.15) is 8.24 Å². The quantitative estimate of drug-likeness (QED) is 0.770. The van der Waals surface area contributed by atoms with E-state index in [4.69, 9.17) is 0 Å². The molecule has 0 spiro atoms. The molecule has 0 aliphatic rings. The normalized spacial score (nSPS) is 12.9. The monoisotopic (exact) mass is 255 g/mol. The van der Waals surface area contributed by atoms with Crippen molar-refractivity contribution in [2.75, 3.05) is 11.1 Å². The fourth-order valence-corrected chi connectivity index (χ4v) is 4.63. The molecule has 0 amide bonds. The Morgan fingerprint density at radius 3 is 2.06 bits per heavy atom. The molecule has 1 heterocycles. The van der Waals surface area contributed by atoms with Crippen LogP contribution in [0.3, 0.4) is 0 Å². The average molecular weight is 256 g/mol. The van der Waals surface area contributed by atoms with Gasteiger partial charge in [-0.05, 0) is 26.6 Å². The summed E-state index contributed by atoms with van der Waals surface area (Å²) in [5, 5.41) is 4.53. The van der Waals surface area contributed by atoms with Crippen molar-refractivity contribution in [1.82, 2.24) is 9.45 Å². The molecule has 0 atom stereocenters. The van der Waals surface area contributed by atoms with Gasteiger partial charge in [0.2, 0.25) is 0 Å². The van der Waals surface area contributed by atoms with Crippen molar-refractivity contribution < 1.29 is 0 Å². The van der Waals surface area contributed by atoms with E-state index in [-0.39, 0.29) is 0 Å². The van der Waals surface area contributed by atoms with Crippen LogP contribution in [0.1, 0.15) is 6.92 Å². The van der Waals surface area contributed by atoms with Gasteiger partial charge in [-0.15, -0.1) is 0 Å². The fraction of sp³-hybridized carbons (Fsp3) is 0.727. The Bertz CT molecular complexity index is 347. The van der Waals surface area contributed by atoms with Crippen LogP contribution in [-0.4, -0.2) is 32.5 Å². The van der Waals surface area contributed by atoms with E-state index in [0.29, 0.717) is 0 Å². The zero-order valence-electron chi connectivity index (χ0n) is 11.7. The van der Waals surface area contributed by atoms with Crippen molar-refractivity contribution in [1.29, 1.82) is 0 Å². The molecule has 0 aromatic carbocycles. The summed E-state index contributed by atoms with van der Waals surface area (Å²) in [5.74, 6) is 0. The molecule has 92 valence electrons. The topological polar surface area (TPSA) is 21.1 Å². The van der Waals surface area contributed by atoms with Gasteiger partial charge in [-0.1, -0.05) is 19.6 Å². The maximum absolute atomic E-state index is 4.53. The van der Waals surface area contributed by atoms with Crippen LogP contribution in [0.2, 0.25) is 39.3 Å². The highest BCUT2D eigenvalue weighted by Gasteiger charge is 2.25. The number of hydrogen-bond donors (Lipinski definition) is 0. The standard InChI is InChI=1S/C11H25N3Si2/c1-8-13(15(2,3)4)11-9-12-14(10-11)16(5,6)7/h9-10H,8H2,1-7H3. The molecule has 5 heteroatoms. The Hall–Kier alpha value is -0.556. The zero-order valence-corrected chi connectivity index (χ0v) is 13.7. The number of nitrogens with zero attached hydrogens (tertiary/aromatic N) is 3. The molecule has 0 saturated carbocycles. The first-order chi connectivity index (χ1) is 7.16. The van der Waals surface area contributed by atoms with Crippen LogP contribution in [0.25, 0.3) is 0 Å². The van der Waals surface area contributed by atoms with Crippen LogP contribution in [0.15, 0.2) is 12.4 Å². The summed E-state index contributed by atoms with van der Waals surface area (Å²) in [7, 11) is -2.61. The molecular weight excluding hydrogens is 230 g/mol. The van der Waals surface area contributed by atoms with E-state index >= 15 is 0 Å². The predicted octanol–water partition coefficient (Wildman–Crippen LogP) is 3.23. The third-order valence-electron chi connectivity index (χ3n) is 2.69. The van der Waals surface area contributed by atoms with E-state index in [0.717, 1.165) is 6.54 Å². The average Bonchev–Trinajstić information content (AvgIpc) is 2.50. The van der Waals surface area contributed by atoms with E-state index in [1.807, 2.05) is 6.20 Å². The van der Waals surface area contributed by atoms with Gasteiger partial charge in [-0.2, -0.15) is 5.10 Å².